The van der Waals surface area contributed by atoms with Gasteiger partial charge in [-0.1, -0.05) is 0 Å². The van der Waals surface area contributed by atoms with Crippen LogP contribution in [0.3, 0.4) is 0 Å². The largest absolute Gasteiger partial charge is 0.383 e. The van der Waals surface area contributed by atoms with E-state index in [1.807, 2.05) is 25.1 Å². The van der Waals surface area contributed by atoms with Crippen LogP contribution in [0.2, 0.25) is 0 Å². The lowest BCUT2D eigenvalue weighted by Gasteiger charge is -2.35. The molecule has 3 aliphatic rings. The summed E-state index contributed by atoms with van der Waals surface area (Å²) in [4.78, 5) is 28.5. The average molecular weight is 416 g/mol. The van der Waals surface area contributed by atoms with Crippen LogP contribution in [-0.2, 0) is 9.53 Å². The Hall–Kier alpha value is -3.10. The van der Waals surface area contributed by atoms with Gasteiger partial charge in [0, 0.05) is 48.5 Å². The maximum atomic E-state index is 12.8. The number of amides is 1. The number of carbonyl (C=O) groups excluding carboxylic acids is 1. The van der Waals surface area contributed by atoms with E-state index in [2.05, 4.69) is 25.2 Å². The molecule has 0 spiro atoms. The van der Waals surface area contributed by atoms with Crippen molar-refractivity contribution < 1.29 is 9.53 Å². The van der Waals surface area contributed by atoms with Gasteiger partial charge in [-0.3, -0.25) is 14.7 Å². The maximum absolute atomic E-state index is 12.8. The molecule has 0 bridgehead atoms. The van der Waals surface area contributed by atoms with Gasteiger partial charge in [-0.15, -0.1) is 0 Å². The minimum absolute atomic E-state index is 0.0664. The van der Waals surface area contributed by atoms with E-state index in [1.165, 1.54) is 0 Å². The fourth-order valence-electron chi connectivity index (χ4n) is 5.00. The smallest absolute Gasteiger partial charge is 0.229 e. The summed E-state index contributed by atoms with van der Waals surface area (Å²) in [6.07, 6.45) is 5.23. The molecule has 2 saturated heterocycles. The monoisotopic (exact) mass is 416 g/mol. The summed E-state index contributed by atoms with van der Waals surface area (Å²) in [5, 5.41) is 4.68. The second kappa shape index (κ2) is 6.96. The number of nitrogens with two attached hydrogens (primary N) is 1. The molecule has 3 aromatic heterocycles. The number of likely N-dealkylation sites (tertiary alicyclic amines) is 1. The zero-order valence-electron chi connectivity index (χ0n) is 17.3. The summed E-state index contributed by atoms with van der Waals surface area (Å²) in [5.41, 5.74) is 8.97. The molecule has 6 rings (SSSR count). The lowest BCUT2D eigenvalue weighted by atomic mass is 10.1. The number of fused-ring (bicyclic) bond motifs is 2. The van der Waals surface area contributed by atoms with Crippen molar-refractivity contribution in [3.05, 3.63) is 42.4 Å². The van der Waals surface area contributed by atoms with E-state index in [1.54, 1.807) is 18.6 Å². The molecule has 1 saturated carbocycles. The van der Waals surface area contributed by atoms with Crippen molar-refractivity contribution in [2.45, 2.75) is 13.0 Å². The topological polar surface area (TPSA) is 106 Å². The third-order valence-electron chi connectivity index (χ3n) is 6.97. The highest BCUT2D eigenvalue weighted by molar-refractivity contribution is 5.98. The number of nitrogen functional groups attached to an aromatic ring is 1. The van der Waals surface area contributed by atoms with Gasteiger partial charge in [0.25, 0.3) is 0 Å². The standard InChI is InChI=1S/C23H24N6O2/c1-12-2-3-25-6-15(12)19-4-13-5-20(26-7-16(13)22(24)27-19)28-23(30)21-17-8-29(9-18(17)21)14-10-31-11-14/h2-7,14,17-18,21H,8-11H2,1H3,(H2,24,27)(H,26,28,30)/t17-,18+,21?. The Labute approximate surface area is 179 Å². The molecule has 158 valence electrons. The van der Waals surface area contributed by atoms with E-state index in [9.17, 15) is 4.79 Å². The van der Waals surface area contributed by atoms with Gasteiger partial charge in [0.2, 0.25) is 5.91 Å². The molecular weight excluding hydrogens is 392 g/mol. The van der Waals surface area contributed by atoms with Gasteiger partial charge in [-0.05, 0) is 47.9 Å². The van der Waals surface area contributed by atoms with Gasteiger partial charge in [-0.2, -0.15) is 0 Å². The van der Waals surface area contributed by atoms with Crippen LogP contribution in [-0.4, -0.2) is 58.1 Å². The second-order valence-corrected chi connectivity index (χ2v) is 8.86. The first-order valence-electron chi connectivity index (χ1n) is 10.7. The highest BCUT2D eigenvalue weighted by atomic mass is 16.5. The molecular formula is C23H24N6O2. The van der Waals surface area contributed by atoms with Crippen molar-refractivity contribution in [2.75, 3.05) is 37.4 Å². The van der Waals surface area contributed by atoms with Crippen molar-refractivity contribution in [1.82, 2.24) is 19.9 Å². The molecule has 3 N–H and O–H groups in total. The quantitative estimate of drug-likeness (QED) is 0.671. The molecule has 1 aliphatic carbocycles. The van der Waals surface area contributed by atoms with Crippen molar-refractivity contribution in [2.24, 2.45) is 17.8 Å². The number of carbonyl (C=O) groups is 1. The van der Waals surface area contributed by atoms with E-state index in [0.717, 1.165) is 53.9 Å². The molecule has 8 heteroatoms. The third-order valence-corrected chi connectivity index (χ3v) is 6.97. The number of piperidine rings is 1. The molecule has 2 aliphatic heterocycles. The Morgan fingerprint density at radius 2 is 2.03 bits per heavy atom. The summed E-state index contributed by atoms with van der Waals surface area (Å²) in [7, 11) is 0. The number of aryl methyl sites for hydroxylation is 1. The van der Waals surface area contributed by atoms with Crippen LogP contribution in [0, 0.1) is 24.7 Å². The number of rotatable bonds is 4. The summed E-state index contributed by atoms with van der Waals surface area (Å²) in [6, 6.07) is 6.34. The van der Waals surface area contributed by atoms with E-state index in [-0.39, 0.29) is 11.8 Å². The van der Waals surface area contributed by atoms with Gasteiger partial charge in [0.05, 0.1) is 24.9 Å². The number of ether oxygens (including phenoxy) is 1. The van der Waals surface area contributed by atoms with Crippen LogP contribution in [0.25, 0.3) is 22.0 Å². The molecule has 1 amide bonds. The Balaban J connectivity index is 1.21. The zero-order chi connectivity index (χ0) is 21.1. The first-order chi connectivity index (χ1) is 15.1. The van der Waals surface area contributed by atoms with Crippen LogP contribution in [0.4, 0.5) is 11.6 Å². The summed E-state index contributed by atoms with van der Waals surface area (Å²) in [5.74, 6) is 2.04. The molecule has 0 radical (unpaired) electrons. The lowest BCUT2D eigenvalue weighted by molar-refractivity contribution is -0.118. The highest BCUT2D eigenvalue weighted by Crippen LogP contribution is 2.52. The molecule has 8 nitrogen and oxygen atoms in total. The number of hydrogen-bond donors (Lipinski definition) is 2. The van der Waals surface area contributed by atoms with E-state index in [4.69, 9.17) is 10.5 Å². The van der Waals surface area contributed by atoms with Crippen molar-refractivity contribution in [3.63, 3.8) is 0 Å². The molecule has 3 atom stereocenters. The second-order valence-electron chi connectivity index (χ2n) is 8.86. The number of aromatic nitrogens is 3. The van der Waals surface area contributed by atoms with Gasteiger partial charge >= 0.3 is 0 Å². The summed E-state index contributed by atoms with van der Waals surface area (Å²) >= 11 is 0. The van der Waals surface area contributed by atoms with E-state index in [0.29, 0.717) is 29.5 Å². The van der Waals surface area contributed by atoms with E-state index < -0.39 is 0 Å². The van der Waals surface area contributed by atoms with Gasteiger partial charge < -0.3 is 15.8 Å². The van der Waals surface area contributed by atoms with Gasteiger partial charge in [-0.25, -0.2) is 9.97 Å². The number of nitrogens with one attached hydrogen (secondary N) is 1. The highest BCUT2D eigenvalue weighted by Gasteiger charge is 2.60. The minimum atomic E-state index is 0.0664. The number of pyridine rings is 3. The average Bonchev–Trinajstić information content (AvgIpc) is 3.22. The maximum Gasteiger partial charge on any atom is 0.229 e. The van der Waals surface area contributed by atoms with Crippen LogP contribution in [0.15, 0.2) is 36.8 Å². The SMILES string of the molecule is Cc1ccncc1-c1cc2cc(NC(=O)C3[C@H]4CN(C5COC5)C[C@@H]34)ncc2c(N)n1. The molecule has 1 unspecified atom stereocenters. The normalized spacial score (nSPS) is 25.3. The minimum Gasteiger partial charge on any atom is -0.383 e. The molecule has 3 aromatic rings. The van der Waals surface area contributed by atoms with Gasteiger partial charge in [0.1, 0.15) is 11.6 Å². The molecule has 31 heavy (non-hydrogen) atoms. The number of anilines is 2. The van der Waals surface area contributed by atoms with Crippen LogP contribution < -0.4 is 11.1 Å². The summed E-state index contributed by atoms with van der Waals surface area (Å²) < 4.78 is 5.29. The molecule has 0 aromatic carbocycles. The Morgan fingerprint density at radius 3 is 2.74 bits per heavy atom. The van der Waals surface area contributed by atoms with Crippen LogP contribution in [0.1, 0.15) is 5.56 Å². The number of nitrogens with zero attached hydrogens (tertiary/aromatic N) is 4. The van der Waals surface area contributed by atoms with Crippen LogP contribution in [0.5, 0.6) is 0 Å². The van der Waals surface area contributed by atoms with E-state index >= 15 is 0 Å². The van der Waals surface area contributed by atoms with Crippen molar-refractivity contribution >= 4 is 28.3 Å². The fraction of sp³-hybridized carbons (Fsp3) is 0.391. The first-order valence-corrected chi connectivity index (χ1v) is 10.7. The van der Waals surface area contributed by atoms with Crippen molar-refractivity contribution in [3.8, 4) is 11.3 Å². The predicted octanol–water partition coefficient (Wildman–Crippen LogP) is 2.10. The lowest BCUT2D eigenvalue weighted by Crippen LogP contribution is -2.49. The first kappa shape index (κ1) is 18.7. The number of hydrogen-bond acceptors (Lipinski definition) is 7. The zero-order valence-corrected chi connectivity index (χ0v) is 17.3. The Kier molecular flexibility index (Phi) is 4.19. The van der Waals surface area contributed by atoms with Crippen LogP contribution >= 0.6 is 0 Å². The third kappa shape index (κ3) is 3.14. The Morgan fingerprint density at radius 1 is 1.23 bits per heavy atom. The predicted molar refractivity (Wildman–Crippen MR) is 117 cm³/mol. The summed E-state index contributed by atoms with van der Waals surface area (Å²) in [6.45, 7) is 5.67. The fourth-order valence-corrected chi connectivity index (χ4v) is 5.00. The molecule has 5 heterocycles. The van der Waals surface area contributed by atoms with Crippen molar-refractivity contribution in [1.29, 1.82) is 0 Å². The Bertz CT molecular complexity index is 1180. The van der Waals surface area contributed by atoms with Gasteiger partial charge in [0.15, 0.2) is 0 Å². The molecule has 3 fully saturated rings.